The average molecular weight is 379 g/mol. The van der Waals surface area contributed by atoms with Crippen LogP contribution in [0.15, 0.2) is 27.0 Å². The Kier molecular flexibility index (Phi) is 4.34. The molecule has 1 N–H and O–H groups in total. The van der Waals surface area contributed by atoms with Crippen LogP contribution >= 0.6 is 6.72 Å². The molecule has 1 unspecified atom stereocenters. The molecule has 0 aliphatic carbocycles. The van der Waals surface area contributed by atoms with Crippen molar-refractivity contribution in [3.05, 3.63) is 43.5 Å². The molecule has 0 bridgehead atoms. The molecular formula is C10H11FN5O6PS. The number of fused-ring (bicyclic) bond motifs is 1. The van der Waals surface area contributed by atoms with Crippen LogP contribution in [0.5, 0.6) is 0 Å². The second-order valence-electron chi connectivity index (χ2n) is 4.93. The summed E-state index contributed by atoms with van der Waals surface area (Å²) in [5.41, 5.74) is 5.37. The van der Waals surface area contributed by atoms with Crippen LogP contribution in [0, 0.1) is 0 Å². The topological polar surface area (TPSA) is 141 Å². The highest BCUT2D eigenvalue weighted by molar-refractivity contribution is 8.07. The highest BCUT2D eigenvalue weighted by Gasteiger charge is 2.62. The molecule has 0 saturated carbocycles. The van der Waals surface area contributed by atoms with Crippen molar-refractivity contribution in [2.75, 3.05) is 13.7 Å². The molecule has 0 aromatic carbocycles. The van der Waals surface area contributed by atoms with Gasteiger partial charge in [-0.25, -0.2) is 9.18 Å². The highest BCUT2D eigenvalue weighted by atomic mass is 32.5. The molecule has 130 valence electrons. The highest BCUT2D eigenvalue weighted by Crippen LogP contribution is 2.60. The van der Waals surface area contributed by atoms with E-state index >= 15 is 0 Å². The number of rotatable bonds is 3. The van der Waals surface area contributed by atoms with Crippen LogP contribution in [0.3, 0.4) is 0 Å². The summed E-state index contributed by atoms with van der Waals surface area (Å²) in [6.45, 7) is -3.62. The largest absolute Gasteiger partial charge is 0.337 e. The molecular weight excluding hydrogens is 368 g/mol. The van der Waals surface area contributed by atoms with Gasteiger partial charge in [-0.2, -0.15) is 0 Å². The number of azide groups is 1. The summed E-state index contributed by atoms with van der Waals surface area (Å²) < 4.78 is 36.7. The predicted molar refractivity (Wildman–Crippen MR) is 80.3 cm³/mol. The summed E-state index contributed by atoms with van der Waals surface area (Å²) in [6, 6.07) is 1.02. The smallest absolute Gasteiger partial charge is 0.330 e. The number of hydrogen-bond acceptors (Lipinski definition) is 8. The maximum Gasteiger partial charge on any atom is 0.330 e. The Hall–Kier alpha value is -1.59. The number of nitrogens with zero attached hydrogens (tertiary/aromatic N) is 4. The van der Waals surface area contributed by atoms with Crippen molar-refractivity contribution < 1.29 is 22.7 Å². The Morgan fingerprint density at radius 1 is 1.67 bits per heavy atom. The van der Waals surface area contributed by atoms with Gasteiger partial charge in [-0.3, -0.25) is 18.9 Å². The maximum absolute atomic E-state index is 14.9. The van der Waals surface area contributed by atoms with Crippen LogP contribution in [0.1, 0.15) is 6.23 Å². The van der Waals surface area contributed by atoms with Crippen molar-refractivity contribution >= 4 is 18.5 Å². The fourth-order valence-electron chi connectivity index (χ4n) is 2.46. The minimum Gasteiger partial charge on any atom is -0.337 e. The van der Waals surface area contributed by atoms with Gasteiger partial charge in [0.1, 0.15) is 6.10 Å². The van der Waals surface area contributed by atoms with Gasteiger partial charge in [0.25, 0.3) is 5.56 Å². The molecule has 1 aromatic heterocycles. The molecule has 3 heterocycles. The zero-order chi connectivity index (χ0) is 17.5. The first-order chi connectivity index (χ1) is 11.3. The Morgan fingerprint density at radius 3 is 3.04 bits per heavy atom. The van der Waals surface area contributed by atoms with E-state index in [1.165, 1.54) is 7.11 Å². The molecule has 2 aliphatic rings. The second-order valence-corrected chi connectivity index (χ2v) is 8.00. The zero-order valence-electron chi connectivity index (χ0n) is 12.1. The fourth-order valence-corrected chi connectivity index (χ4v) is 4.05. The van der Waals surface area contributed by atoms with Crippen molar-refractivity contribution in [3.8, 4) is 0 Å². The van der Waals surface area contributed by atoms with Crippen molar-refractivity contribution in [2.24, 2.45) is 5.11 Å². The summed E-state index contributed by atoms with van der Waals surface area (Å²) in [4.78, 5) is 27.6. The summed E-state index contributed by atoms with van der Waals surface area (Å²) in [7, 11) is 1.24. The minimum absolute atomic E-state index is 0.401. The summed E-state index contributed by atoms with van der Waals surface area (Å²) in [5, 5.41) is 3.45. The van der Waals surface area contributed by atoms with E-state index in [1.54, 1.807) is 0 Å². The maximum atomic E-state index is 14.9. The van der Waals surface area contributed by atoms with Crippen molar-refractivity contribution in [3.63, 3.8) is 0 Å². The molecule has 0 spiro atoms. The van der Waals surface area contributed by atoms with Crippen LogP contribution < -0.4 is 11.2 Å². The van der Waals surface area contributed by atoms with E-state index in [9.17, 15) is 14.0 Å². The van der Waals surface area contributed by atoms with Gasteiger partial charge in [-0.1, -0.05) is 5.11 Å². The molecule has 3 rings (SSSR count). The summed E-state index contributed by atoms with van der Waals surface area (Å²) in [6.07, 6.45) is -3.81. The van der Waals surface area contributed by atoms with E-state index in [0.717, 1.165) is 16.8 Å². The van der Waals surface area contributed by atoms with Gasteiger partial charge in [0.05, 0.1) is 6.61 Å². The first-order valence-corrected chi connectivity index (χ1v) is 9.08. The SMILES string of the molecule is COP1(=S)OC[C@]2(N=[N+]=[N-])O[C@H](n3ccc(=O)[nH]c3=O)[C@@H](F)[C@H]2O1. The van der Waals surface area contributed by atoms with Gasteiger partial charge in [0.15, 0.2) is 12.4 Å². The number of halogens is 1. The van der Waals surface area contributed by atoms with E-state index < -0.39 is 48.8 Å². The molecule has 0 amide bonds. The second kappa shape index (κ2) is 6.05. The molecule has 0 radical (unpaired) electrons. The Labute approximate surface area is 138 Å². The number of nitrogens with one attached hydrogen (secondary N) is 1. The lowest BCUT2D eigenvalue weighted by atomic mass is 10.1. The molecule has 14 heteroatoms. The number of aromatic nitrogens is 2. The van der Waals surface area contributed by atoms with E-state index in [0.29, 0.717) is 0 Å². The van der Waals surface area contributed by atoms with Gasteiger partial charge in [0, 0.05) is 24.3 Å². The Balaban J connectivity index is 2.04. The van der Waals surface area contributed by atoms with E-state index in [4.69, 9.17) is 35.6 Å². The third-order valence-electron chi connectivity index (χ3n) is 3.57. The molecule has 24 heavy (non-hydrogen) atoms. The molecule has 5 atom stereocenters. The van der Waals surface area contributed by atoms with E-state index in [1.807, 2.05) is 4.98 Å². The normalized spacial score (nSPS) is 38.3. The number of aromatic amines is 1. The monoisotopic (exact) mass is 379 g/mol. The molecule has 2 saturated heterocycles. The first-order valence-electron chi connectivity index (χ1n) is 6.52. The van der Waals surface area contributed by atoms with Crippen molar-refractivity contribution in [1.82, 2.24) is 9.55 Å². The zero-order valence-corrected chi connectivity index (χ0v) is 13.8. The number of ether oxygens (including phenoxy) is 1. The predicted octanol–water partition coefficient (Wildman–Crippen LogP) is 0.696. The number of alkyl halides is 1. The molecule has 11 nitrogen and oxygen atoms in total. The number of H-pyrrole nitrogens is 1. The van der Waals surface area contributed by atoms with E-state index in [-0.39, 0.29) is 0 Å². The molecule has 2 fully saturated rings. The van der Waals surface area contributed by atoms with Gasteiger partial charge >= 0.3 is 12.4 Å². The van der Waals surface area contributed by atoms with Gasteiger partial charge in [-0.15, -0.1) is 0 Å². The summed E-state index contributed by atoms with van der Waals surface area (Å²) >= 11 is 5.04. The fraction of sp³-hybridized carbons (Fsp3) is 0.600. The van der Waals surface area contributed by atoms with Crippen LogP contribution in [0.25, 0.3) is 10.4 Å². The lowest BCUT2D eigenvalue weighted by molar-refractivity contribution is -0.136. The summed E-state index contributed by atoms with van der Waals surface area (Å²) in [5.74, 6) is 0. The van der Waals surface area contributed by atoms with Crippen LogP contribution in [-0.4, -0.2) is 41.3 Å². The van der Waals surface area contributed by atoms with Gasteiger partial charge < -0.3 is 13.8 Å². The van der Waals surface area contributed by atoms with Crippen molar-refractivity contribution in [2.45, 2.75) is 24.2 Å². The first kappa shape index (κ1) is 17.2. The van der Waals surface area contributed by atoms with Gasteiger partial charge in [-0.05, 0) is 17.3 Å². The van der Waals surface area contributed by atoms with Crippen molar-refractivity contribution in [1.29, 1.82) is 0 Å². The van der Waals surface area contributed by atoms with Crippen LogP contribution in [-0.2, 0) is 30.1 Å². The van der Waals surface area contributed by atoms with E-state index in [2.05, 4.69) is 10.0 Å². The third kappa shape index (κ3) is 2.70. The molecule has 2 aliphatic heterocycles. The Bertz CT molecular complexity index is 870. The lowest BCUT2D eigenvalue weighted by Crippen LogP contribution is -2.48. The third-order valence-corrected chi connectivity index (χ3v) is 5.97. The van der Waals surface area contributed by atoms with Gasteiger partial charge in [0.2, 0.25) is 5.72 Å². The Morgan fingerprint density at radius 2 is 2.42 bits per heavy atom. The number of hydrogen-bond donors (Lipinski definition) is 1. The minimum atomic E-state index is -3.22. The quantitative estimate of drug-likeness (QED) is 0.353. The average Bonchev–Trinajstić information content (AvgIpc) is 2.81. The van der Waals surface area contributed by atoms with Crippen LogP contribution in [0.4, 0.5) is 4.39 Å². The standard InChI is InChI=1S/C10H11FN5O6PS/c1-19-23(24)20-4-10(14-15-12)7(22-23)6(11)8(21-10)16-3-2-5(17)13-9(16)18/h2-3,6-8H,4H2,1H3,(H,13,17,18)/t6-,7+,8-,10-,23?/m0/s1. The lowest BCUT2D eigenvalue weighted by Gasteiger charge is -2.38. The molecule has 1 aromatic rings. The van der Waals surface area contributed by atoms with Crippen LogP contribution in [0.2, 0.25) is 0 Å².